The molecule has 0 aromatic heterocycles. The summed E-state index contributed by atoms with van der Waals surface area (Å²) in [5.74, 6) is 0.906. The van der Waals surface area contributed by atoms with Gasteiger partial charge in [0, 0.05) is 5.75 Å². The lowest BCUT2D eigenvalue weighted by Crippen LogP contribution is -2.07. The maximum absolute atomic E-state index is 5.53. The number of benzene rings is 1. The van der Waals surface area contributed by atoms with Crippen molar-refractivity contribution < 1.29 is 4.74 Å². The molecule has 1 unspecified atom stereocenters. The summed E-state index contributed by atoms with van der Waals surface area (Å²) in [4.78, 5) is 4.29. The maximum atomic E-state index is 5.53. The Balaban J connectivity index is 1.82. The van der Waals surface area contributed by atoms with Crippen molar-refractivity contribution in [2.24, 2.45) is 4.99 Å². The first kappa shape index (κ1) is 10.3. The van der Waals surface area contributed by atoms with Gasteiger partial charge in [0.2, 0.25) is 5.23 Å². The number of ether oxygens (including phenoxy) is 1. The van der Waals surface area contributed by atoms with Crippen molar-refractivity contribution in [1.29, 1.82) is 0 Å². The Morgan fingerprint density at radius 2 is 2.27 bits per heavy atom. The molecule has 0 aliphatic carbocycles. The Kier molecular flexibility index (Phi) is 3.45. The molecule has 0 spiro atoms. The van der Waals surface area contributed by atoms with Gasteiger partial charge < -0.3 is 4.74 Å². The summed E-state index contributed by atoms with van der Waals surface area (Å²) in [7, 11) is 0. The normalized spacial score (nSPS) is 19.5. The molecule has 0 saturated heterocycles. The van der Waals surface area contributed by atoms with Gasteiger partial charge in [0.25, 0.3) is 0 Å². The van der Waals surface area contributed by atoms with Crippen LogP contribution in [0.5, 0.6) is 0 Å². The van der Waals surface area contributed by atoms with Crippen LogP contribution in [0.1, 0.15) is 5.56 Å². The summed E-state index contributed by atoms with van der Waals surface area (Å²) >= 11 is 1.64. The molecule has 1 aliphatic rings. The third-order valence-electron chi connectivity index (χ3n) is 2.12. The Hall–Kier alpha value is -1.22. The molecule has 1 heterocycles. The number of rotatable bonds is 3. The highest BCUT2D eigenvalue weighted by atomic mass is 32.2. The summed E-state index contributed by atoms with van der Waals surface area (Å²) in [5, 5.41) is 0.781. The van der Waals surface area contributed by atoms with E-state index in [0.717, 1.165) is 11.0 Å². The minimum Gasteiger partial charge on any atom is -0.464 e. The Morgan fingerprint density at radius 3 is 2.93 bits per heavy atom. The number of nitrogens with zero attached hydrogens (tertiary/aromatic N) is 1. The minimum atomic E-state index is 0.0725. The Bertz CT molecular complexity index is 361. The summed E-state index contributed by atoms with van der Waals surface area (Å²) in [6, 6.07) is 10.3. The fourth-order valence-corrected chi connectivity index (χ4v) is 2.13. The summed E-state index contributed by atoms with van der Waals surface area (Å²) in [6.45, 7) is 4.40. The maximum Gasteiger partial charge on any atom is 0.246 e. The van der Waals surface area contributed by atoms with Crippen LogP contribution < -0.4 is 0 Å². The highest BCUT2D eigenvalue weighted by molar-refractivity contribution is 8.12. The Morgan fingerprint density at radius 1 is 1.47 bits per heavy atom. The van der Waals surface area contributed by atoms with E-state index in [-0.39, 0.29) is 6.10 Å². The largest absolute Gasteiger partial charge is 0.464 e. The molecule has 0 bridgehead atoms. The first-order valence-corrected chi connectivity index (χ1v) is 5.87. The van der Waals surface area contributed by atoms with Crippen LogP contribution in [0.25, 0.3) is 0 Å². The number of aliphatic imine (C=N–C) groups is 1. The van der Waals surface area contributed by atoms with Crippen LogP contribution in [0, 0.1) is 0 Å². The number of hydrogen-bond acceptors (Lipinski definition) is 3. The molecule has 0 fully saturated rings. The molecule has 2 nitrogen and oxygen atoms in total. The molecule has 1 aliphatic heterocycles. The van der Waals surface area contributed by atoms with E-state index in [0.29, 0.717) is 6.54 Å². The van der Waals surface area contributed by atoms with Gasteiger partial charge in [0.15, 0.2) is 0 Å². The number of hydrogen-bond donors (Lipinski definition) is 0. The van der Waals surface area contributed by atoms with Crippen molar-refractivity contribution in [3.8, 4) is 0 Å². The van der Waals surface area contributed by atoms with Gasteiger partial charge in [0.05, 0.1) is 6.54 Å². The van der Waals surface area contributed by atoms with Gasteiger partial charge in [-0.05, 0) is 11.6 Å². The van der Waals surface area contributed by atoms with Crippen LogP contribution in [0.15, 0.2) is 48.0 Å². The number of thioether (sulfide) groups is 1. The molecule has 3 heteroatoms. The van der Waals surface area contributed by atoms with E-state index in [1.807, 2.05) is 18.2 Å². The van der Waals surface area contributed by atoms with E-state index >= 15 is 0 Å². The zero-order valence-electron chi connectivity index (χ0n) is 8.43. The lowest BCUT2D eigenvalue weighted by atomic mass is 10.2. The van der Waals surface area contributed by atoms with Gasteiger partial charge in [-0.1, -0.05) is 48.7 Å². The van der Waals surface area contributed by atoms with Crippen LogP contribution >= 0.6 is 11.8 Å². The van der Waals surface area contributed by atoms with Crippen molar-refractivity contribution >= 4 is 17.0 Å². The Labute approximate surface area is 94.1 Å². The summed E-state index contributed by atoms with van der Waals surface area (Å²) < 4.78 is 5.53. The molecule has 2 rings (SSSR count). The zero-order chi connectivity index (χ0) is 10.5. The average molecular weight is 219 g/mol. The smallest absolute Gasteiger partial charge is 0.246 e. The second-order valence-electron chi connectivity index (χ2n) is 3.27. The summed E-state index contributed by atoms with van der Waals surface area (Å²) in [6.07, 6.45) is 1.86. The molecule has 1 aromatic carbocycles. The second kappa shape index (κ2) is 5.03. The molecular weight excluding hydrogens is 206 g/mol. The highest BCUT2D eigenvalue weighted by Gasteiger charge is 2.16. The van der Waals surface area contributed by atoms with Gasteiger partial charge in [-0.25, -0.2) is 4.99 Å². The van der Waals surface area contributed by atoms with Crippen LogP contribution in [0.3, 0.4) is 0 Å². The molecule has 78 valence electrons. The van der Waals surface area contributed by atoms with E-state index in [9.17, 15) is 0 Å². The third-order valence-corrected chi connectivity index (χ3v) is 3.07. The quantitative estimate of drug-likeness (QED) is 0.729. The molecule has 0 N–H and O–H groups in total. The minimum absolute atomic E-state index is 0.0725. The predicted molar refractivity (Wildman–Crippen MR) is 65.1 cm³/mol. The van der Waals surface area contributed by atoms with Crippen molar-refractivity contribution in [3.63, 3.8) is 0 Å². The average Bonchev–Trinajstić information content (AvgIpc) is 2.76. The fraction of sp³-hybridized carbons (Fsp3) is 0.250. The van der Waals surface area contributed by atoms with Crippen molar-refractivity contribution in [2.45, 2.75) is 11.9 Å². The first-order valence-electron chi connectivity index (χ1n) is 4.89. The van der Waals surface area contributed by atoms with Gasteiger partial charge in [-0.15, -0.1) is 0 Å². The summed E-state index contributed by atoms with van der Waals surface area (Å²) in [5.41, 5.74) is 1.29. The van der Waals surface area contributed by atoms with E-state index < -0.39 is 0 Å². The second-order valence-corrected chi connectivity index (χ2v) is 4.20. The van der Waals surface area contributed by atoms with E-state index in [1.54, 1.807) is 17.8 Å². The van der Waals surface area contributed by atoms with Gasteiger partial charge in [-0.3, -0.25) is 0 Å². The van der Waals surface area contributed by atoms with Crippen LogP contribution in [-0.2, 0) is 10.5 Å². The molecule has 0 radical (unpaired) electrons. The first-order chi connectivity index (χ1) is 7.38. The van der Waals surface area contributed by atoms with Crippen LogP contribution in [-0.4, -0.2) is 17.9 Å². The lowest BCUT2D eigenvalue weighted by Gasteiger charge is -2.05. The topological polar surface area (TPSA) is 21.6 Å². The molecule has 0 saturated carbocycles. The molecule has 0 amide bonds. The third kappa shape index (κ3) is 2.86. The standard InChI is InChI=1S/C12H13NOS/c1-2-11-8-13-12(14-11)15-9-10-6-4-3-5-7-10/h2-7,11H,1,8-9H2. The molecule has 15 heavy (non-hydrogen) atoms. The highest BCUT2D eigenvalue weighted by Crippen LogP contribution is 2.19. The molecular formula is C12H13NOS. The SMILES string of the molecule is C=CC1CN=C(SCc2ccccc2)O1. The van der Waals surface area contributed by atoms with Gasteiger partial charge in [-0.2, -0.15) is 0 Å². The van der Waals surface area contributed by atoms with Crippen molar-refractivity contribution in [3.05, 3.63) is 48.6 Å². The zero-order valence-corrected chi connectivity index (χ0v) is 9.24. The molecule has 1 atom stereocenters. The van der Waals surface area contributed by atoms with Crippen LogP contribution in [0.4, 0.5) is 0 Å². The van der Waals surface area contributed by atoms with E-state index in [1.165, 1.54) is 5.56 Å². The van der Waals surface area contributed by atoms with Crippen molar-refractivity contribution in [1.82, 2.24) is 0 Å². The van der Waals surface area contributed by atoms with Gasteiger partial charge in [0.1, 0.15) is 6.10 Å². The van der Waals surface area contributed by atoms with E-state index in [4.69, 9.17) is 4.74 Å². The van der Waals surface area contributed by atoms with Gasteiger partial charge >= 0.3 is 0 Å². The lowest BCUT2D eigenvalue weighted by molar-refractivity contribution is 0.282. The molecule has 1 aromatic rings. The van der Waals surface area contributed by atoms with Crippen LogP contribution in [0.2, 0.25) is 0 Å². The van der Waals surface area contributed by atoms with Crippen molar-refractivity contribution in [2.75, 3.05) is 6.54 Å². The van der Waals surface area contributed by atoms with E-state index in [2.05, 4.69) is 23.7 Å². The monoisotopic (exact) mass is 219 g/mol. The predicted octanol–water partition coefficient (Wildman–Crippen LogP) is 2.86. The fourth-order valence-electron chi connectivity index (χ4n) is 1.29.